The van der Waals surface area contributed by atoms with Gasteiger partial charge in [0.1, 0.15) is 11.9 Å². The van der Waals surface area contributed by atoms with Gasteiger partial charge in [-0.2, -0.15) is 0 Å². The topological polar surface area (TPSA) is 94.3 Å². The first-order valence-electron chi connectivity index (χ1n) is 5.06. The van der Waals surface area contributed by atoms with Crippen molar-refractivity contribution in [3.63, 3.8) is 0 Å². The molecule has 2 aromatic rings. The van der Waals surface area contributed by atoms with Gasteiger partial charge < -0.3 is 9.84 Å². The number of ether oxygens (including phenoxy) is 1. The molecule has 0 aliphatic heterocycles. The Kier molecular flexibility index (Phi) is 3.48. The van der Waals surface area contributed by atoms with Gasteiger partial charge in [0, 0.05) is 0 Å². The summed E-state index contributed by atoms with van der Waals surface area (Å²) in [5, 5.41) is 13.0. The second-order valence-electron chi connectivity index (χ2n) is 3.44. The van der Waals surface area contributed by atoms with Crippen molar-refractivity contribution in [2.75, 3.05) is 7.11 Å². The third-order valence-electron chi connectivity index (χ3n) is 2.31. The van der Waals surface area contributed by atoms with Crippen molar-refractivity contribution in [1.82, 2.24) is 14.8 Å². The fraction of sp³-hybridized carbons (Fsp3) is 0.0909. The molecule has 1 aromatic heterocycles. The fourth-order valence-corrected chi connectivity index (χ4v) is 1.73. The molecule has 0 atom stereocenters. The van der Waals surface area contributed by atoms with Crippen molar-refractivity contribution in [3.8, 4) is 5.69 Å². The van der Waals surface area contributed by atoms with E-state index in [2.05, 4.69) is 14.8 Å². The number of aromatic nitrogens is 3. The predicted molar refractivity (Wildman–Crippen MR) is 64.7 cm³/mol. The summed E-state index contributed by atoms with van der Waals surface area (Å²) in [5.41, 5.74) is 0.0909. The normalized spacial score (nSPS) is 10.2. The zero-order valence-electron chi connectivity index (χ0n) is 9.70. The number of methoxy groups -OCH3 is 1. The SMILES string of the molecule is COC(=O)c1ncn(-c2cccc(Cl)c2C(=O)O)n1. The maximum absolute atomic E-state index is 11.2. The molecule has 0 aliphatic carbocycles. The fourth-order valence-electron chi connectivity index (χ4n) is 1.48. The minimum Gasteiger partial charge on any atom is -0.478 e. The van der Waals surface area contributed by atoms with Gasteiger partial charge in [-0.3, -0.25) is 0 Å². The van der Waals surface area contributed by atoms with Crippen molar-refractivity contribution >= 4 is 23.5 Å². The summed E-state index contributed by atoms with van der Waals surface area (Å²) in [5.74, 6) is -2.08. The molecular weight excluding hydrogens is 274 g/mol. The highest BCUT2D eigenvalue weighted by Crippen LogP contribution is 2.22. The zero-order chi connectivity index (χ0) is 14.0. The molecule has 0 bridgehead atoms. The maximum atomic E-state index is 11.2. The number of hydrogen-bond acceptors (Lipinski definition) is 5. The minimum absolute atomic E-state index is 0.0696. The molecule has 0 saturated heterocycles. The van der Waals surface area contributed by atoms with Crippen LogP contribution in [0.15, 0.2) is 24.5 Å². The maximum Gasteiger partial charge on any atom is 0.377 e. The molecular formula is C11H8ClN3O4. The van der Waals surface area contributed by atoms with Crippen LogP contribution >= 0.6 is 11.6 Å². The van der Waals surface area contributed by atoms with Crippen molar-refractivity contribution in [3.05, 3.63) is 40.9 Å². The van der Waals surface area contributed by atoms with Crippen LogP contribution in [0.2, 0.25) is 5.02 Å². The zero-order valence-corrected chi connectivity index (χ0v) is 10.5. The molecule has 2 rings (SSSR count). The highest BCUT2D eigenvalue weighted by molar-refractivity contribution is 6.34. The van der Waals surface area contributed by atoms with E-state index >= 15 is 0 Å². The first-order valence-corrected chi connectivity index (χ1v) is 5.44. The summed E-state index contributed by atoms with van der Waals surface area (Å²) in [4.78, 5) is 26.2. The molecule has 0 unspecified atom stereocenters. The van der Waals surface area contributed by atoms with Crippen LogP contribution in [0.1, 0.15) is 21.0 Å². The van der Waals surface area contributed by atoms with E-state index in [-0.39, 0.29) is 22.1 Å². The Hall–Kier alpha value is -2.41. The molecule has 0 saturated carbocycles. The van der Waals surface area contributed by atoms with E-state index in [1.807, 2.05) is 0 Å². The summed E-state index contributed by atoms with van der Waals surface area (Å²) >= 11 is 5.84. The molecule has 1 N–H and O–H groups in total. The van der Waals surface area contributed by atoms with Crippen LogP contribution in [0.4, 0.5) is 0 Å². The van der Waals surface area contributed by atoms with Crippen LogP contribution in [-0.2, 0) is 4.74 Å². The summed E-state index contributed by atoms with van der Waals surface area (Å²) in [6.07, 6.45) is 1.21. The molecule has 8 heteroatoms. The van der Waals surface area contributed by atoms with Crippen LogP contribution in [0.25, 0.3) is 5.69 Å². The third-order valence-corrected chi connectivity index (χ3v) is 2.63. The number of carboxylic acids is 1. The molecule has 1 aromatic carbocycles. The van der Waals surface area contributed by atoms with E-state index in [0.29, 0.717) is 0 Å². The predicted octanol–water partition coefficient (Wildman–Crippen LogP) is 1.41. The first-order chi connectivity index (χ1) is 9.04. The Morgan fingerprint density at radius 2 is 2.16 bits per heavy atom. The number of esters is 1. The van der Waals surface area contributed by atoms with Gasteiger partial charge in [-0.1, -0.05) is 17.7 Å². The molecule has 0 spiro atoms. The van der Waals surface area contributed by atoms with Gasteiger partial charge in [0.15, 0.2) is 0 Å². The molecule has 1 heterocycles. The number of carboxylic acid groups (broad SMARTS) is 1. The lowest BCUT2D eigenvalue weighted by Gasteiger charge is -2.06. The molecule has 0 amide bonds. The quantitative estimate of drug-likeness (QED) is 0.855. The molecule has 0 fully saturated rings. The van der Waals surface area contributed by atoms with Gasteiger partial charge in [-0.05, 0) is 12.1 Å². The number of carbonyl (C=O) groups is 2. The Balaban J connectivity index is 2.53. The van der Waals surface area contributed by atoms with E-state index in [9.17, 15) is 9.59 Å². The van der Waals surface area contributed by atoms with Gasteiger partial charge in [0.05, 0.1) is 17.8 Å². The molecule has 98 valence electrons. The van der Waals surface area contributed by atoms with Gasteiger partial charge in [0.2, 0.25) is 0 Å². The van der Waals surface area contributed by atoms with Crippen LogP contribution in [0.3, 0.4) is 0 Å². The van der Waals surface area contributed by atoms with E-state index in [0.717, 1.165) is 4.68 Å². The number of benzene rings is 1. The minimum atomic E-state index is -1.20. The second-order valence-corrected chi connectivity index (χ2v) is 3.85. The molecule has 19 heavy (non-hydrogen) atoms. The third kappa shape index (κ3) is 2.41. The lowest BCUT2D eigenvalue weighted by atomic mass is 10.2. The summed E-state index contributed by atoms with van der Waals surface area (Å²) in [7, 11) is 1.20. The molecule has 7 nitrogen and oxygen atoms in total. The van der Waals surface area contributed by atoms with E-state index in [1.54, 1.807) is 6.07 Å². The van der Waals surface area contributed by atoms with E-state index in [1.165, 1.54) is 25.6 Å². The number of aromatic carboxylic acids is 1. The van der Waals surface area contributed by atoms with Crippen LogP contribution in [-0.4, -0.2) is 38.9 Å². The monoisotopic (exact) mass is 281 g/mol. The lowest BCUT2D eigenvalue weighted by Crippen LogP contribution is -2.08. The number of nitrogens with zero attached hydrogens (tertiary/aromatic N) is 3. The average Bonchev–Trinajstić information content (AvgIpc) is 2.86. The number of rotatable bonds is 3. The second kappa shape index (κ2) is 5.07. The molecule has 0 aliphatic rings. The Morgan fingerprint density at radius 3 is 2.79 bits per heavy atom. The van der Waals surface area contributed by atoms with Crippen molar-refractivity contribution in [1.29, 1.82) is 0 Å². The van der Waals surface area contributed by atoms with Crippen molar-refractivity contribution in [2.45, 2.75) is 0 Å². The average molecular weight is 282 g/mol. The highest BCUT2D eigenvalue weighted by Gasteiger charge is 2.18. The van der Waals surface area contributed by atoms with Gasteiger partial charge >= 0.3 is 11.9 Å². The number of carbonyl (C=O) groups excluding carboxylic acids is 1. The largest absolute Gasteiger partial charge is 0.478 e. The van der Waals surface area contributed by atoms with Crippen LogP contribution in [0, 0.1) is 0 Å². The Bertz CT molecular complexity index is 653. The van der Waals surface area contributed by atoms with E-state index < -0.39 is 11.9 Å². The first kappa shape index (κ1) is 13.0. The van der Waals surface area contributed by atoms with Gasteiger partial charge in [0.25, 0.3) is 5.82 Å². The summed E-state index contributed by atoms with van der Waals surface area (Å²) < 4.78 is 5.62. The van der Waals surface area contributed by atoms with Gasteiger partial charge in [-0.15, -0.1) is 5.10 Å². The summed E-state index contributed by atoms with van der Waals surface area (Å²) in [6.45, 7) is 0. The van der Waals surface area contributed by atoms with E-state index in [4.69, 9.17) is 16.7 Å². The highest BCUT2D eigenvalue weighted by atomic mass is 35.5. The lowest BCUT2D eigenvalue weighted by molar-refractivity contribution is 0.0586. The van der Waals surface area contributed by atoms with Crippen molar-refractivity contribution in [2.24, 2.45) is 0 Å². The Labute approximate surface area is 112 Å². The van der Waals surface area contributed by atoms with Crippen LogP contribution < -0.4 is 0 Å². The van der Waals surface area contributed by atoms with Crippen LogP contribution in [0.5, 0.6) is 0 Å². The summed E-state index contributed by atoms with van der Waals surface area (Å²) in [6, 6.07) is 4.53. The standard InChI is InChI=1S/C11H8ClN3O4/c1-19-11(18)9-13-5-15(14-9)7-4-2-3-6(12)8(7)10(16)17/h2-5H,1H3,(H,16,17). The molecule has 0 radical (unpaired) electrons. The number of hydrogen-bond donors (Lipinski definition) is 1. The van der Waals surface area contributed by atoms with Gasteiger partial charge in [-0.25, -0.2) is 19.3 Å². The number of halogens is 1. The Morgan fingerprint density at radius 1 is 1.42 bits per heavy atom. The van der Waals surface area contributed by atoms with Crippen molar-refractivity contribution < 1.29 is 19.4 Å². The smallest absolute Gasteiger partial charge is 0.377 e.